The summed E-state index contributed by atoms with van der Waals surface area (Å²) in [4.78, 5) is 17.0. The van der Waals surface area contributed by atoms with E-state index in [4.69, 9.17) is 23.2 Å². The number of rotatable bonds is 3. The number of benzene rings is 1. The van der Waals surface area contributed by atoms with Crippen molar-refractivity contribution in [2.24, 2.45) is 0 Å². The van der Waals surface area contributed by atoms with Gasteiger partial charge in [-0.05, 0) is 19.1 Å². The van der Waals surface area contributed by atoms with Crippen LogP contribution in [0.3, 0.4) is 0 Å². The maximum Gasteiger partial charge on any atom is 0.253 e. The van der Waals surface area contributed by atoms with Gasteiger partial charge >= 0.3 is 0 Å². The summed E-state index contributed by atoms with van der Waals surface area (Å²) in [5, 5.41) is 4.41. The number of amides is 1. The Morgan fingerprint density at radius 2 is 2.22 bits per heavy atom. The first kappa shape index (κ1) is 13.3. The number of nitrogens with zero attached hydrogens (tertiary/aromatic N) is 1. The fourth-order valence-electron chi connectivity index (χ4n) is 1.43. The van der Waals surface area contributed by atoms with E-state index in [9.17, 15) is 4.79 Å². The molecule has 1 heterocycles. The van der Waals surface area contributed by atoms with Gasteiger partial charge in [-0.25, -0.2) is 4.98 Å². The van der Waals surface area contributed by atoms with Gasteiger partial charge in [0.15, 0.2) is 0 Å². The van der Waals surface area contributed by atoms with E-state index in [0.717, 1.165) is 9.88 Å². The molecule has 1 aromatic carbocycles. The molecule has 0 atom stereocenters. The fourth-order valence-corrected chi connectivity index (χ4v) is 2.55. The van der Waals surface area contributed by atoms with Crippen LogP contribution in [0.5, 0.6) is 0 Å². The number of carbonyl (C=O) groups excluding carboxylic acids is 1. The predicted octanol–water partition coefficient (Wildman–Crippen LogP) is 3.69. The number of hydrogen-bond acceptors (Lipinski definition) is 3. The first-order chi connectivity index (χ1) is 8.58. The van der Waals surface area contributed by atoms with E-state index >= 15 is 0 Å². The van der Waals surface area contributed by atoms with Gasteiger partial charge in [0.25, 0.3) is 5.91 Å². The summed E-state index contributed by atoms with van der Waals surface area (Å²) in [7, 11) is 0. The minimum Gasteiger partial charge on any atom is -0.347 e. The van der Waals surface area contributed by atoms with Crippen LogP contribution in [0.25, 0.3) is 0 Å². The Kier molecular flexibility index (Phi) is 4.22. The molecule has 18 heavy (non-hydrogen) atoms. The van der Waals surface area contributed by atoms with E-state index < -0.39 is 0 Å². The molecule has 0 saturated carbocycles. The van der Waals surface area contributed by atoms with Crippen LogP contribution in [-0.4, -0.2) is 10.9 Å². The molecule has 2 rings (SSSR count). The maximum absolute atomic E-state index is 11.9. The molecule has 0 aliphatic heterocycles. The molecule has 0 radical (unpaired) electrons. The fraction of sp³-hybridized carbons (Fsp3) is 0.167. The Bertz CT molecular complexity index is 583. The van der Waals surface area contributed by atoms with Gasteiger partial charge in [0.1, 0.15) is 0 Å². The summed E-state index contributed by atoms with van der Waals surface area (Å²) >= 11 is 13.4. The molecule has 6 heteroatoms. The van der Waals surface area contributed by atoms with Crippen molar-refractivity contribution in [1.29, 1.82) is 0 Å². The normalized spacial score (nSPS) is 10.4. The average Bonchev–Trinajstić information content (AvgIpc) is 2.76. The van der Waals surface area contributed by atoms with Crippen molar-refractivity contribution in [2.45, 2.75) is 13.5 Å². The van der Waals surface area contributed by atoms with Crippen LogP contribution in [0.4, 0.5) is 0 Å². The number of carbonyl (C=O) groups is 1. The highest BCUT2D eigenvalue weighted by molar-refractivity contribution is 7.11. The third-order valence-corrected chi connectivity index (χ3v) is 4.02. The zero-order valence-electron chi connectivity index (χ0n) is 9.54. The molecule has 3 nitrogen and oxygen atoms in total. The summed E-state index contributed by atoms with van der Waals surface area (Å²) in [6.45, 7) is 2.36. The molecule has 1 aromatic heterocycles. The number of halogens is 2. The number of nitrogens with one attached hydrogen (secondary N) is 1. The van der Waals surface area contributed by atoms with E-state index in [1.54, 1.807) is 35.7 Å². The summed E-state index contributed by atoms with van der Waals surface area (Å²) in [6.07, 6.45) is 1.75. The SMILES string of the molecule is Cc1ncc(CNC(=O)c2cccc(Cl)c2Cl)s1. The van der Waals surface area contributed by atoms with Crippen molar-refractivity contribution in [3.63, 3.8) is 0 Å². The van der Waals surface area contributed by atoms with Crippen molar-refractivity contribution in [1.82, 2.24) is 10.3 Å². The monoisotopic (exact) mass is 300 g/mol. The molecular weight excluding hydrogens is 291 g/mol. The summed E-state index contributed by atoms with van der Waals surface area (Å²) in [5.74, 6) is -0.242. The lowest BCUT2D eigenvalue weighted by Gasteiger charge is -2.06. The van der Waals surface area contributed by atoms with Crippen LogP contribution in [0.15, 0.2) is 24.4 Å². The number of thiazole rings is 1. The number of aromatic nitrogens is 1. The molecule has 0 fully saturated rings. The third-order valence-electron chi connectivity index (χ3n) is 2.29. The minimum atomic E-state index is -0.242. The van der Waals surface area contributed by atoms with Crippen LogP contribution >= 0.6 is 34.5 Å². The first-order valence-electron chi connectivity index (χ1n) is 5.21. The van der Waals surface area contributed by atoms with Crippen LogP contribution in [0.1, 0.15) is 20.2 Å². The highest BCUT2D eigenvalue weighted by atomic mass is 35.5. The van der Waals surface area contributed by atoms with Crippen molar-refractivity contribution < 1.29 is 4.79 Å². The lowest BCUT2D eigenvalue weighted by Crippen LogP contribution is -2.22. The third kappa shape index (κ3) is 3.02. The zero-order chi connectivity index (χ0) is 13.1. The molecule has 0 saturated heterocycles. The van der Waals surface area contributed by atoms with Gasteiger partial charge in [0, 0.05) is 11.1 Å². The van der Waals surface area contributed by atoms with E-state index in [2.05, 4.69) is 10.3 Å². The minimum absolute atomic E-state index is 0.242. The Hall–Kier alpha value is -1.10. The number of hydrogen-bond donors (Lipinski definition) is 1. The highest BCUT2D eigenvalue weighted by Crippen LogP contribution is 2.25. The van der Waals surface area contributed by atoms with E-state index in [-0.39, 0.29) is 10.9 Å². The molecule has 1 amide bonds. The molecule has 0 spiro atoms. The van der Waals surface area contributed by atoms with E-state index in [1.165, 1.54) is 0 Å². The van der Waals surface area contributed by atoms with Crippen LogP contribution < -0.4 is 5.32 Å². The van der Waals surface area contributed by atoms with Crippen LogP contribution in [-0.2, 0) is 6.54 Å². The quantitative estimate of drug-likeness (QED) is 0.939. The summed E-state index contributed by atoms with van der Waals surface area (Å²) < 4.78 is 0. The van der Waals surface area contributed by atoms with Gasteiger partial charge in [0.2, 0.25) is 0 Å². The maximum atomic E-state index is 11.9. The van der Waals surface area contributed by atoms with E-state index in [0.29, 0.717) is 17.1 Å². The topological polar surface area (TPSA) is 42.0 Å². The average molecular weight is 301 g/mol. The Morgan fingerprint density at radius 3 is 2.89 bits per heavy atom. The van der Waals surface area contributed by atoms with Crippen molar-refractivity contribution in [3.05, 3.63) is 49.9 Å². The lowest BCUT2D eigenvalue weighted by molar-refractivity contribution is 0.0951. The molecule has 0 bridgehead atoms. The Labute approximate surface area is 119 Å². The van der Waals surface area contributed by atoms with Crippen molar-refractivity contribution >= 4 is 40.4 Å². The standard InChI is InChI=1S/C12H10Cl2N2OS/c1-7-15-5-8(18-7)6-16-12(17)9-3-2-4-10(13)11(9)14/h2-5H,6H2,1H3,(H,16,17). The zero-order valence-corrected chi connectivity index (χ0v) is 11.9. The van der Waals surface area contributed by atoms with Crippen LogP contribution in [0.2, 0.25) is 10.0 Å². The van der Waals surface area contributed by atoms with Crippen molar-refractivity contribution in [3.8, 4) is 0 Å². The summed E-state index contributed by atoms with van der Waals surface area (Å²) in [5.41, 5.74) is 0.380. The largest absolute Gasteiger partial charge is 0.347 e. The Balaban J connectivity index is 2.06. The van der Waals surface area contributed by atoms with Gasteiger partial charge in [-0.2, -0.15) is 0 Å². The molecule has 2 aromatic rings. The summed E-state index contributed by atoms with van der Waals surface area (Å²) in [6, 6.07) is 4.98. The molecule has 1 N–H and O–H groups in total. The predicted molar refractivity (Wildman–Crippen MR) is 74.5 cm³/mol. The van der Waals surface area contributed by atoms with Gasteiger partial charge in [-0.1, -0.05) is 29.3 Å². The molecule has 0 unspecified atom stereocenters. The molecule has 94 valence electrons. The second-order valence-electron chi connectivity index (χ2n) is 3.63. The second-order valence-corrected chi connectivity index (χ2v) is 5.73. The van der Waals surface area contributed by atoms with Gasteiger partial charge in [-0.3, -0.25) is 4.79 Å². The van der Waals surface area contributed by atoms with E-state index in [1.807, 2.05) is 6.92 Å². The van der Waals surface area contributed by atoms with Crippen LogP contribution in [0, 0.1) is 6.92 Å². The number of aryl methyl sites for hydroxylation is 1. The van der Waals surface area contributed by atoms with Gasteiger partial charge in [-0.15, -0.1) is 11.3 Å². The molecular formula is C12H10Cl2N2OS. The van der Waals surface area contributed by atoms with Crippen molar-refractivity contribution in [2.75, 3.05) is 0 Å². The second kappa shape index (κ2) is 5.69. The molecule has 0 aliphatic rings. The first-order valence-corrected chi connectivity index (χ1v) is 6.78. The molecule has 0 aliphatic carbocycles. The highest BCUT2D eigenvalue weighted by Gasteiger charge is 2.12. The lowest BCUT2D eigenvalue weighted by atomic mass is 10.2. The van der Waals surface area contributed by atoms with Gasteiger partial charge < -0.3 is 5.32 Å². The smallest absolute Gasteiger partial charge is 0.253 e. The van der Waals surface area contributed by atoms with Gasteiger partial charge in [0.05, 0.1) is 27.2 Å². The Morgan fingerprint density at radius 1 is 1.44 bits per heavy atom.